The van der Waals surface area contributed by atoms with Crippen LogP contribution in [0.1, 0.15) is 54.9 Å². The van der Waals surface area contributed by atoms with Crippen LogP contribution < -0.4 is 4.74 Å². The van der Waals surface area contributed by atoms with Crippen molar-refractivity contribution in [3.63, 3.8) is 0 Å². The van der Waals surface area contributed by atoms with Crippen molar-refractivity contribution in [1.29, 1.82) is 0 Å². The van der Waals surface area contributed by atoms with Crippen molar-refractivity contribution in [1.82, 2.24) is 0 Å². The van der Waals surface area contributed by atoms with Crippen LogP contribution in [0, 0.1) is 18.8 Å². The minimum absolute atomic E-state index is 0.274. The third kappa shape index (κ3) is 3.37. The van der Waals surface area contributed by atoms with E-state index in [4.69, 9.17) is 4.74 Å². The van der Waals surface area contributed by atoms with E-state index in [2.05, 4.69) is 6.92 Å². The van der Waals surface area contributed by atoms with Gasteiger partial charge in [-0.15, -0.1) is 0 Å². The molecule has 0 bridgehead atoms. The summed E-state index contributed by atoms with van der Waals surface area (Å²) in [5.74, 6) is 2.50. The van der Waals surface area contributed by atoms with Crippen molar-refractivity contribution in [3.05, 3.63) is 29.3 Å². The largest absolute Gasteiger partial charge is 0.496 e. The Morgan fingerprint density at radius 1 is 1.26 bits per heavy atom. The van der Waals surface area contributed by atoms with E-state index in [1.165, 1.54) is 25.7 Å². The Morgan fingerprint density at radius 2 is 1.95 bits per heavy atom. The molecule has 1 aromatic rings. The Bertz CT molecular complexity index is 443. The van der Waals surface area contributed by atoms with E-state index in [-0.39, 0.29) is 5.78 Å². The van der Waals surface area contributed by atoms with E-state index in [1.54, 1.807) is 7.11 Å². The summed E-state index contributed by atoms with van der Waals surface area (Å²) >= 11 is 0. The van der Waals surface area contributed by atoms with Crippen LogP contribution in [0.15, 0.2) is 18.2 Å². The first-order valence-electron chi connectivity index (χ1n) is 7.28. The average molecular weight is 260 g/mol. The van der Waals surface area contributed by atoms with Crippen molar-refractivity contribution in [2.45, 2.75) is 46.0 Å². The second kappa shape index (κ2) is 6.23. The van der Waals surface area contributed by atoms with Gasteiger partial charge in [-0.3, -0.25) is 4.79 Å². The Morgan fingerprint density at radius 3 is 2.58 bits per heavy atom. The van der Waals surface area contributed by atoms with Gasteiger partial charge in [-0.1, -0.05) is 31.9 Å². The molecule has 0 N–H and O–H groups in total. The second-order valence-electron chi connectivity index (χ2n) is 5.89. The van der Waals surface area contributed by atoms with Gasteiger partial charge in [-0.05, 0) is 37.7 Å². The fourth-order valence-electron chi connectivity index (χ4n) is 3.04. The van der Waals surface area contributed by atoms with Crippen LogP contribution in [0.3, 0.4) is 0 Å². The van der Waals surface area contributed by atoms with E-state index in [0.29, 0.717) is 12.3 Å². The highest BCUT2D eigenvalue weighted by Gasteiger charge is 2.22. The number of ether oxygens (including phenoxy) is 1. The molecule has 0 saturated heterocycles. The van der Waals surface area contributed by atoms with Gasteiger partial charge in [0.1, 0.15) is 5.75 Å². The van der Waals surface area contributed by atoms with Gasteiger partial charge in [0.25, 0.3) is 0 Å². The molecule has 0 radical (unpaired) electrons. The molecule has 104 valence electrons. The lowest BCUT2D eigenvalue weighted by atomic mass is 9.80. The lowest BCUT2D eigenvalue weighted by Crippen LogP contribution is -2.16. The maximum Gasteiger partial charge on any atom is 0.163 e. The third-order valence-electron chi connectivity index (χ3n) is 4.41. The van der Waals surface area contributed by atoms with Crippen LogP contribution in [-0.4, -0.2) is 12.9 Å². The van der Waals surface area contributed by atoms with Crippen molar-refractivity contribution in [2.24, 2.45) is 11.8 Å². The number of Topliss-reactive ketones (excluding diaryl/α,β-unsaturated/α-hetero) is 1. The van der Waals surface area contributed by atoms with Crippen molar-refractivity contribution < 1.29 is 9.53 Å². The summed E-state index contributed by atoms with van der Waals surface area (Å²) in [6.07, 6.45) is 5.65. The molecule has 0 atom stereocenters. The Hall–Kier alpha value is -1.31. The molecule has 0 spiro atoms. The van der Waals surface area contributed by atoms with Gasteiger partial charge < -0.3 is 4.74 Å². The first kappa shape index (κ1) is 14.1. The quantitative estimate of drug-likeness (QED) is 0.750. The second-order valence-corrected chi connectivity index (χ2v) is 5.89. The first-order valence-corrected chi connectivity index (χ1v) is 7.28. The number of carbonyl (C=O) groups excluding carboxylic acids is 1. The molecule has 0 aliphatic heterocycles. The van der Waals surface area contributed by atoms with Gasteiger partial charge in [0, 0.05) is 17.5 Å². The van der Waals surface area contributed by atoms with E-state index in [9.17, 15) is 4.79 Å². The van der Waals surface area contributed by atoms with Gasteiger partial charge in [-0.2, -0.15) is 0 Å². The van der Waals surface area contributed by atoms with Crippen LogP contribution in [0.2, 0.25) is 0 Å². The van der Waals surface area contributed by atoms with Gasteiger partial charge in [0.15, 0.2) is 5.78 Å². The van der Waals surface area contributed by atoms with Crippen LogP contribution in [-0.2, 0) is 0 Å². The van der Waals surface area contributed by atoms with Crippen molar-refractivity contribution in [2.75, 3.05) is 7.11 Å². The highest BCUT2D eigenvalue weighted by molar-refractivity contribution is 5.98. The number of rotatable bonds is 4. The van der Waals surface area contributed by atoms with Crippen LogP contribution in [0.4, 0.5) is 0 Å². The zero-order valence-electron chi connectivity index (χ0n) is 12.2. The summed E-state index contributed by atoms with van der Waals surface area (Å²) in [7, 11) is 1.65. The maximum atomic E-state index is 12.4. The minimum atomic E-state index is 0.274. The zero-order chi connectivity index (χ0) is 13.8. The van der Waals surface area contributed by atoms with Gasteiger partial charge >= 0.3 is 0 Å². The Kier molecular flexibility index (Phi) is 4.62. The topological polar surface area (TPSA) is 26.3 Å². The Labute approximate surface area is 116 Å². The molecular formula is C17H24O2. The fraction of sp³-hybridized carbons (Fsp3) is 0.588. The number of hydrogen-bond acceptors (Lipinski definition) is 2. The standard InChI is InChI=1S/C17H24O2/c1-12-7-9-14(10-8-12)11-16(18)15-5-4-6-17(19-3)13(15)2/h4-6,12,14H,7-11H2,1-3H3. The normalized spacial score (nSPS) is 23.1. The van der Waals surface area contributed by atoms with Crippen molar-refractivity contribution >= 4 is 5.78 Å². The molecule has 2 nitrogen and oxygen atoms in total. The molecule has 1 aliphatic carbocycles. The van der Waals surface area contributed by atoms with Crippen LogP contribution in [0.5, 0.6) is 5.75 Å². The lowest BCUT2D eigenvalue weighted by molar-refractivity contribution is 0.0943. The SMILES string of the molecule is COc1cccc(C(=O)CC2CCC(C)CC2)c1C. The van der Waals surface area contributed by atoms with E-state index in [1.807, 2.05) is 25.1 Å². The molecule has 1 fully saturated rings. The maximum absolute atomic E-state index is 12.4. The van der Waals surface area contributed by atoms with E-state index in [0.717, 1.165) is 22.8 Å². The van der Waals surface area contributed by atoms with Crippen LogP contribution in [0.25, 0.3) is 0 Å². The highest BCUT2D eigenvalue weighted by atomic mass is 16.5. The third-order valence-corrected chi connectivity index (χ3v) is 4.41. The number of carbonyl (C=O) groups is 1. The molecule has 0 aromatic heterocycles. The van der Waals surface area contributed by atoms with Gasteiger partial charge in [0.2, 0.25) is 0 Å². The number of hydrogen-bond donors (Lipinski definition) is 0. The van der Waals surface area contributed by atoms with E-state index < -0.39 is 0 Å². The van der Waals surface area contributed by atoms with Crippen molar-refractivity contribution in [3.8, 4) is 5.75 Å². The molecule has 0 unspecified atom stereocenters. The summed E-state index contributed by atoms with van der Waals surface area (Å²) in [6.45, 7) is 4.28. The van der Waals surface area contributed by atoms with Gasteiger partial charge in [0.05, 0.1) is 7.11 Å². The molecule has 2 heteroatoms. The number of benzene rings is 1. The summed E-state index contributed by atoms with van der Waals surface area (Å²) in [4.78, 5) is 12.4. The average Bonchev–Trinajstić information content (AvgIpc) is 2.41. The summed E-state index contributed by atoms with van der Waals surface area (Å²) in [6, 6.07) is 5.74. The number of ketones is 1. The van der Waals surface area contributed by atoms with E-state index >= 15 is 0 Å². The predicted molar refractivity (Wildman–Crippen MR) is 77.8 cm³/mol. The summed E-state index contributed by atoms with van der Waals surface area (Å²) in [5.41, 5.74) is 1.80. The molecule has 19 heavy (non-hydrogen) atoms. The molecule has 1 aromatic carbocycles. The summed E-state index contributed by atoms with van der Waals surface area (Å²) < 4.78 is 5.29. The smallest absolute Gasteiger partial charge is 0.163 e. The fourth-order valence-corrected chi connectivity index (χ4v) is 3.04. The van der Waals surface area contributed by atoms with Crippen LogP contribution >= 0.6 is 0 Å². The number of methoxy groups -OCH3 is 1. The zero-order valence-corrected chi connectivity index (χ0v) is 12.2. The molecule has 0 heterocycles. The molecule has 1 aliphatic rings. The van der Waals surface area contributed by atoms with Gasteiger partial charge in [-0.25, -0.2) is 0 Å². The minimum Gasteiger partial charge on any atom is -0.496 e. The highest BCUT2D eigenvalue weighted by Crippen LogP contribution is 2.32. The Balaban J connectivity index is 2.04. The summed E-state index contributed by atoms with van der Waals surface area (Å²) in [5, 5.41) is 0. The molecule has 2 rings (SSSR count). The monoisotopic (exact) mass is 260 g/mol. The molecular weight excluding hydrogens is 236 g/mol. The predicted octanol–water partition coefficient (Wildman–Crippen LogP) is 4.40. The molecule has 0 amide bonds. The first-order chi connectivity index (χ1) is 9.11. The molecule has 1 saturated carbocycles. The lowest BCUT2D eigenvalue weighted by Gasteiger charge is -2.25.